The zero-order valence-electron chi connectivity index (χ0n) is 8.54. The summed E-state index contributed by atoms with van der Waals surface area (Å²) in [4.78, 5) is 0.405. The largest absolute Gasteiger partial charge is 0.361 e. The first-order valence-electron chi connectivity index (χ1n) is 4.65. The van der Waals surface area contributed by atoms with Gasteiger partial charge in [-0.2, -0.15) is 0 Å². The molecule has 0 bridgehead atoms. The summed E-state index contributed by atoms with van der Waals surface area (Å²) in [5.41, 5.74) is 0.742. The first-order valence-corrected chi connectivity index (χ1v) is 5.64. The Kier molecular flexibility index (Phi) is 3.24. The van der Waals surface area contributed by atoms with Gasteiger partial charge in [0.25, 0.3) is 0 Å². The number of hydrogen-bond donors (Lipinski definition) is 0. The molecule has 1 heterocycles. The lowest BCUT2D eigenvalue weighted by Crippen LogP contribution is -1.85. The van der Waals surface area contributed by atoms with Crippen LogP contribution in [0.2, 0.25) is 0 Å². The number of hydrogen-bond acceptors (Lipinski definition) is 3. The smallest absolute Gasteiger partial charge is 0.139 e. The van der Waals surface area contributed by atoms with Crippen LogP contribution < -0.4 is 0 Å². The van der Waals surface area contributed by atoms with Gasteiger partial charge < -0.3 is 4.52 Å². The lowest BCUT2D eigenvalue weighted by molar-refractivity contribution is 0.393. The molecule has 2 nitrogen and oxygen atoms in total. The van der Waals surface area contributed by atoms with E-state index in [0.29, 0.717) is 10.6 Å². The maximum absolute atomic E-state index is 13.3. The standard InChI is InChI=1S/C11H9F2NOS/c1-7-4-9(14-15-7)6-16-11-3-2-8(12)5-10(11)13/h2-5H,6H2,1H3. The summed E-state index contributed by atoms with van der Waals surface area (Å²) >= 11 is 1.26. The molecule has 0 aliphatic carbocycles. The highest BCUT2D eigenvalue weighted by atomic mass is 32.2. The van der Waals surface area contributed by atoms with Gasteiger partial charge in [-0.1, -0.05) is 5.16 Å². The first-order chi connectivity index (χ1) is 7.65. The van der Waals surface area contributed by atoms with E-state index in [2.05, 4.69) is 5.16 Å². The van der Waals surface area contributed by atoms with Crippen LogP contribution in [0.3, 0.4) is 0 Å². The second kappa shape index (κ2) is 4.65. The molecular formula is C11H9F2NOS. The van der Waals surface area contributed by atoms with Crippen molar-refractivity contribution in [3.05, 3.63) is 47.4 Å². The lowest BCUT2D eigenvalue weighted by atomic mass is 10.3. The van der Waals surface area contributed by atoms with Crippen molar-refractivity contribution >= 4 is 11.8 Å². The van der Waals surface area contributed by atoms with Crippen LogP contribution in [0.5, 0.6) is 0 Å². The van der Waals surface area contributed by atoms with Crippen LogP contribution in [-0.4, -0.2) is 5.16 Å². The monoisotopic (exact) mass is 241 g/mol. The van der Waals surface area contributed by atoms with Crippen molar-refractivity contribution in [2.75, 3.05) is 0 Å². The van der Waals surface area contributed by atoms with Crippen LogP contribution in [-0.2, 0) is 5.75 Å². The molecule has 84 valence electrons. The van der Waals surface area contributed by atoms with Crippen molar-refractivity contribution < 1.29 is 13.3 Å². The van der Waals surface area contributed by atoms with Gasteiger partial charge in [0.15, 0.2) is 0 Å². The average Bonchev–Trinajstić information content (AvgIpc) is 2.63. The van der Waals surface area contributed by atoms with Crippen molar-refractivity contribution in [1.82, 2.24) is 5.16 Å². The van der Waals surface area contributed by atoms with Crippen LogP contribution in [0.25, 0.3) is 0 Å². The Hall–Kier alpha value is -1.36. The summed E-state index contributed by atoms with van der Waals surface area (Å²) < 4.78 is 30.8. The minimum absolute atomic E-state index is 0.405. The maximum atomic E-state index is 13.3. The van der Waals surface area contributed by atoms with Gasteiger partial charge in [0.05, 0.1) is 5.69 Å². The van der Waals surface area contributed by atoms with Gasteiger partial charge in [-0.25, -0.2) is 8.78 Å². The second-order valence-electron chi connectivity index (χ2n) is 3.29. The zero-order chi connectivity index (χ0) is 11.5. The predicted octanol–water partition coefficient (Wildman–Crippen LogP) is 3.55. The van der Waals surface area contributed by atoms with E-state index in [9.17, 15) is 8.78 Å². The number of halogens is 2. The fourth-order valence-electron chi connectivity index (χ4n) is 1.23. The fourth-order valence-corrected chi connectivity index (χ4v) is 2.03. The molecule has 5 heteroatoms. The Balaban J connectivity index is 2.04. The molecule has 0 saturated carbocycles. The summed E-state index contributed by atoms with van der Waals surface area (Å²) in [6.07, 6.45) is 0. The van der Waals surface area contributed by atoms with Crippen LogP contribution in [0.4, 0.5) is 8.78 Å². The van der Waals surface area contributed by atoms with Crippen molar-refractivity contribution in [1.29, 1.82) is 0 Å². The second-order valence-corrected chi connectivity index (χ2v) is 4.31. The molecule has 0 atom stereocenters. The van der Waals surface area contributed by atoms with Gasteiger partial charge in [0, 0.05) is 22.8 Å². The van der Waals surface area contributed by atoms with Crippen LogP contribution in [0.15, 0.2) is 33.7 Å². The molecule has 0 aliphatic heterocycles. The minimum Gasteiger partial charge on any atom is -0.361 e. The lowest BCUT2D eigenvalue weighted by Gasteiger charge is -2.00. The van der Waals surface area contributed by atoms with E-state index in [1.807, 2.05) is 0 Å². The third-order valence-electron chi connectivity index (χ3n) is 1.95. The molecule has 0 saturated heterocycles. The van der Waals surface area contributed by atoms with Gasteiger partial charge in [-0.3, -0.25) is 0 Å². The summed E-state index contributed by atoms with van der Waals surface area (Å²) in [5, 5.41) is 3.79. The molecule has 2 aromatic rings. The molecule has 2 rings (SSSR count). The van der Waals surface area contributed by atoms with Gasteiger partial charge in [0.2, 0.25) is 0 Å². The molecule has 0 amide bonds. The van der Waals surface area contributed by atoms with E-state index < -0.39 is 11.6 Å². The minimum atomic E-state index is -0.570. The van der Waals surface area contributed by atoms with E-state index in [-0.39, 0.29) is 0 Å². The van der Waals surface area contributed by atoms with Gasteiger partial charge in [-0.05, 0) is 19.1 Å². The molecule has 16 heavy (non-hydrogen) atoms. The third kappa shape index (κ3) is 2.61. The molecule has 0 radical (unpaired) electrons. The van der Waals surface area contributed by atoms with E-state index in [0.717, 1.165) is 17.5 Å². The fraction of sp³-hybridized carbons (Fsp3) is 0.182. The van der Waals surface area contributed by atoms with Crippen molar-refractivity contribution in [3.8, 4) is 0 Å². The molecule has 1 aromatic heterocycles. The van der Waals surface area contributed by atoms with Crippen molar-refractivity contribution in [3.63, 3.8) is 0 Å². The summed E-state index contributed by atoms with van der Waals surface area (Å²) in [6.45, 7) is 1.79. The Bertz CT molecular complexity index is 498. The van der Waals surface area contributed by atoms with Gasteiger partial charge in [-0.15, -0.1) is 11.8 Å². The quantitative estimate of drug-likeness (QED) is 0.768. The first kappa shape index (κ1) is 11.1. The number of rotatable bonds is 3. The highest BCUT2D eigenvalue weighted by Crippen LogP contribution is 2.25. The van der Waals surface area contributed by atoms with E-state index in [1.54, 1.807) is 13.0 Å². The summed E-state index contributed by atoms with van der Waals surface area (Å²) in [5.74, 6) is 0.0967. The number of thioether (sulfide) groups is 1. The molecular weight excluding hydrogens is 232 g/mol. The zero-order valence-corrected chi connectivity index (χ0v) is 9.35. The highest BCUT2D eigenvalue weighted by Gasteiger charge is 2.06. The van der Waals surface area contributed by atoms with Crippen LogP contribution in [0, 0.1) is 18.6 Å². The van der Waals surface area contributed by atoms with Gasteiger partial charge >= 0.3 is 0 Å². The Morgan fingerprint density at radius 2 is 2.12 bits per heavy atom. The molecule has 0 unspecified atom stereocenters. The van der Waals surface area contributed by atoms with Crippen LogP contribution >= 0.6 is 11.8 Å². The van der Waals surface area contributed by atoms with Crippen molar-refractivity contribution in [2.24, 2.45) is 0 Å². The average molecular weight is 241 g/mol. The SMILES string of the molecule is Cc1cc(CSc2ccc(F)cc2F)no1. The third-order valence-corrected chi connectivity index (χ3v) is 3.03. The molecule has 0 N–H and O–H groups in total. The maximum Gasteiger partial charge on any atom is 0.139 e. The number of aryl methyl sites for hydroxylation is 1. The topological polar surface area (TPSA) is 26.0 Å². The Labute approximate surface area is 95.6 Å². The van der Waals surface area contributed by atoms with Gasteiger partial charge in [0.1, 0.15) is 17.4 Å². The van der Waals surface area contributed by atoms with Crippen LogP contribution in [0.1, 0.15) is 11.5 Å². The molecule has 0 aliphatic rings. The molecule has 0 spiro atoms. The Morgan fingerprint density at radius 3 is 2.75 bits per heavy atom. The normalized spacial score (nSPS) is 10.7. The molecule has 1 aromatic carbocycles. The molecule has 0 fully saturated rings. The summed E-state index contributed by atoms with van der Waals surface area (Å²) in [6, 6.07) is 5.31. The predicted molar refractivity (Wildman–Crippen MR) is 57.2 cm³/mol. The number of nitrogens with zero attached hydrogens (tertiary/aromatic N) is 1. The highest BCUT2D eigenvalue weighted by molar-refractivity contribution is 7.98. The Morgan fingerprint density at radius 1 is 1.31 bits per heavy atom. The van der Waals surface area contributed by atoms with E-state index >= 15 is 0 Å². The number of benzene rings is 1. The number of aromatic nitrogens is 1. The van der Waals surface area contributed by atoms with E-state index in [1.165, 1.54) is 23.9 Å². The van der Waals surface area contributed by atoms with E-state index in [4.69, 9.17) is 4.52 Å². The summed E-state index contributed by atoms with van der Waals surface area (Å²) in [7, 11) is 0. The van der Waals surface area contributed by atoms with Crippen molar-refractivity contribution in [2.45, 2.75) is 17.6 Å².